The van der Waals surface area contributed by atoms with E-state index < -0.39 is 6.10 Å². The minimum Gasteiger partial charge on any atom is -0.462 e. The maximum absolute atomic E-state index is 12.9. The smallest absolute Gasteiger partial charge is 0.306 e. The normalized spacial score (nSPS) is 12.5. The summed E-state index contributed by atoms with van der Waals surface area (Å²) in [7, 11) is 0. The van der Waals surface area contributed by atoms with E-state index in [2.05, 4.69) is 93.7 Å². The van der Waals surface area contributed by atoms with E-state index in [-0.39, 0.29) is 31.1 Å². The van der Waals surface area contributed by atoms with E-state index in [1.54, 1.807) is 0 Å². The lowest BCUT2D eigenvalue weighted by molar-refractivity contribution is -0.167. The number of ether oxygens (including phenoxy) is 3. The van der Waals surface area contributed by atoms with Crippen LogP contribution in [0, 0.1) is 0 Å². The molecule has 0 amide bonds. The predicted molar refractivity (Wildman–Crippen MR) is 335 cm³/mol. The van der Waals surface area contributed by atoms with Crippen molar-refractivity contribution < 1.29 is 28.6 Å². The molecule has 446 valence electrons. The van der Waals surface area contributed by atoms with Crippen LogP contribution in [0.15, 0.2) is 72.9 Å². The van der Waals surface area contributed by atoms with Gasteiger partial charge in [0.2, 0.25) is 0 Å². The van der Waals surface area contributed by atoms with Crippen molar-refractivity contribution in [3.05, 3.63) is 72.9 Å². The molecule has 6 nitrogen and oxygen atoms in total. The van der Waals surface area contributed by atoms with Crippen LogP contribution in [0.25, 0.3) is 0 Å². The Morgan fingerprint density at radius 2 is 0.468 bits per heavy atom. The summed E-state index contributed by atoms with van der Waals surface area (Å²) < 4.78 is 16.9. The summed E-state index contributed by atoms with van der Waals surface area (Å²) in [5.74, 6) is -0.883. The molecule has 0 saturated heterocycles. The maximum atomic E-state index is 12.9. The first-order valence-corrected chi connectivity index (χ1v) is 33.4. The van der Waals surface area contributed by atoms with Crippen molar-refractivity contribution in [1.29, 1.82) is 0 Å². The summed E-state index contributed by atoms with van der Waals surface area (Å²) in [5.41, 5.74) is 0. The second-order valence-electron chi connectivity index (χ2n) is 22.4. The van der Waals surface area contributed by atoms with Crippen molar-refractivity contribution in [3.63, 3.8) is 0 Å². The van der Waals surface area contributed by atoms with Crippen molar-refractivity contribution in [2.75, 3.05) is 13.2 Å². The molecule has 0 spiro atoms. The van der Waals surface area contributed by atoms with E-state index in [0.29, 0.717) is 19.3 Å². The molecule has 0 aromatic rings. The van der Waals surface area contributed by atoms with Crippen LogP contribution >= 0.6 is 0 Å². The Balaban J connectivity index is 4.30. The minimum absolute atomic E-state index is 0.0805. The largest absolute Gasteiger partial charge is 0.462 e. The standard InChI is InChI=1S/C71H126O6/c1-4-7-10-13-16-19-22-25-28-30-32-33-34-35-36-37-38-39-40-42-43-46-49-52-55-58-61-64-70(73)76-67-68(66-75-69(72)63-60-57-54-51-48-45-27-24-21-18-15-12-9-6-3)77-71(74)65-62-59-56-53-50-47-44-41-31-29-26-23-20-17-14-11-8-5-2/h20,22-25,27,29-32,34-35,68H,4-19,21,26,28,33,36-67H2,1-3H3/b23-20-,25-22-,27-24-,31-29-,32-30-,35-34-. The van der Waals surface area contributed by atoms with Crippen LogP contribution in [0.3, 0.4) is 0 Å². The Hall–Kier alpha value is -3.15. The van der Waals surface area contributed by atoms with Crippen molar-refractivity contribution in [2.45, 2.75) is 348 Å². The zero-order valence-electron chi connectivity index (χ0n) is 51.2. The Morgan fingerprint density at radius 3 is 0.753 bits per heavy atom. The van der Waals surface area contributed by atoms with Crippen LogP contribution in [-0.4, -0.2) is 37.2 Å². The average molecular weight is 1080 g/mol. The molecule has 6 heteroatoms. The second kappa shape index (κ2) is 65.4. The molecule has 0 heterocycles. The molecule has 0 radical (unpaired) electrons. The van der Waals surface area contributed by atoms with Crippen molar-refractivity contribution in [1.82, 2.24) is 0 Å². The number of allylic oxidation sites excluding steroid dienone is 12. The fourth-order valence-corrected chi connectivity index (χ4v) is 9.59. The number of hydrogen-bond donors (Lipinski definition) is 0. The van der Waals surface area contributed by atoms with Gasteiger partial charge in [-0.1, -0.05) is 280 Å². The van der Waals surface area contributed by atoms with Gasteiger partial charge in [-0.05, 0) is 116 Å². The monoisotopic (exact) mass is 1070 g/mol. The van der Waals surface area contributed by atoms with Crippen molar-refractivity contribution >= 4 is 17.9 Å². The lowest BCUT2D eigenvalue weighted by Gasteiger charge is -2.18. The highest BCUT2D eigenvalue weighted by Crippen LogP contribution is 2.16. The third-order valence-electron chi connectivity index (χ3n) is 14.7. The minimum atomic E-state index is -0.785. The van der Waals surface area contributed by atoms with Gasteiger partial charge >= 0.3 is 17.9 Å². The van der Waals surface area contributed by atoms with E-state index in [1.165, 1.54) is 212 Å². The van der Waals surface area contributed by atoms with Gasteiger partial charge in [-0.15, -0.1) is 0 Å². The number of rotatable bonds is 61. The quantitative estimate of drug-likeness (QED) is 0.0261. The van der Waals surface area contributed by atoms with Crippen LogP contribution in [-0.2, 0) is 28.6 Å². The highest BCUT2D eigenvalue weighted by atomic mass is 16.6. The SMILES string of the molecule is CCCCCC/C=C\C/C=C\CCCCCCCCCC(=O)OC(COC(=O)CCCCCCC/C=C\CCCCCCC)COC(=O)CCCCCCCCCCCCCC/C=C\C/C=C\C/C=C\CCCCCCC. The molecule has 0 aromatic heterocycles. The molecule has 1 atom stereocenters. The lowest BCUT2D eigenvalue weighted by atomic mass is 10.0. The molecular weight excluding hydrogens is 949 g/mol. The van der Waals surface area contributed by atoms with Crippen LogP contribution in [0.1, 0.15) is 342 Å². The molecule has 0 rings (SSSR count). The Kier molecular flexibility index (Phi) is 62.7. The van der Waals surface area contributed by atoms with Gasteiger partial charge in [-0.2, -0.15) is 0 Å². The first-order chi connectivity index (χ1) is 38.0. The first kappa shape index (κ1) is 73.8. The van der Waals surface area contributed by atoms with Gasteiger partial charge < -0.3 is 14.2 Å². The second-order valence-corrected chi connectivity index (χ2v) is 22.4. The van der Waals surface area contributed by atoms with Gasteiger partial charge in [0.25, 0.3) is 0 Å². The fraction of sp³-hybridized carbons (Fsp3) is 0.789. The van der Waals surface area contributed by atoms with E-state index >= 15 is 0 Å². The molecule has 1 unspecified atom stereocenters. The van der Waals surface area contributed by atoms with E-state index in [9.17, 15) is 14.4 Å². The molecule has 0 aliphatic heterocycles. The van der Waals surface area contributed by atoms with Crippen molar-refractivity contribution in [2.24, 2.45) is 0 Å². The average Bonchev–Trinajstić information content (AvgIpc) is 3.43. The van der Waals surface area contributed by atoms with Crippen LogP contribution < -0.4 is 0 Å². The molecule has 0 saturated carbocycles. The van der Waals surface area contributed by atoms with E-state index in [1.807, 2.05) is 0 Å². The van der Waals surface area contributed by atoms with Crippen LogP contribution in [0.5, 0.6) is 0 Å². The highest BCUT2D eigenvalue weighted by Gasteiger charge is 2.19. The molecule has 0 aliphatic carbocycles. The van der Waals surface area contributed by atoms with Gasteiger partial charge in [-0.25, -0.2) is 0 Å². The number of esters is 3. The number of unbranched alkanes of at least 4 members (excludes halogenated alkanes) is 38. The summed E-state index contributed by atoms with van der Waals surface area (Å²) in [4.78, 5) is 38.3. The Labute approximate surface area is 478 Å². The van der Waals surface area contributed by atoms with Gasteiger partial charge in [0.05, 0.1) is 0 Å². The third kappa shape index (κ3) is 63.6. The number of hydrogen-bond acceptors (Lipinski definition) is 6. The third-order valence-corrected chi connectivity index (χ3v) is 14.7. The summed E-state index contributed by atoms with van der Waals surface area (Å²) in [6, 6.07) is 0. The number of carbonyl (C=O) groups is 3. The zero-order chi connectivity index (χ0) is 55.7. The summed E-state index contributed by atoms with van der Waals surface area (Å²) in [6.45, 7) is 6.63. The lowest BCUT2D eigenvalue weighted by Crippen LogP contribution is -2.30. The Bertz CT molecular complexity index is 1420. The molecule has 0 N–H and O–H groups in total. The van der Waals surface area contributed by atoms with Crippen molar-refractivity contribution in [3.8, 4) is 0 Å². The van der Waals surface area contributed by atoms with E-state index in [4.69, 9.17) is 14.2 Å². The molecule has 77 heavy (non-hydrogen) atoms. The zero-order valence-corrected chi connectivity index (χ0v) is 51.2. The highest BCUT2D eigenvalue weighted by molar-refractivity contribution is 5.71. The summed E-state index contributed by atoms with van der Waals surface area (Å²) >= 11 is 0. The molecule has 0 aromatic carbocycles. The van der Waals surface area contributed by atoms with Gasteiger partial charge in [0.15, 0.2) is 6.10 Å². The van der Waals surface area contributed by atoms with Gasteiger partial charge in [0, 0.05) is 19.3 Å². The van der Waals surface area contributed by atoms with Gasteiger partial charge in [0.1, 0.15) is 13.2 Å². The Morgan fingerprint density at radius 1 is 0.260 bits per heavy atom. The molecule has 0 fully saturated rings. The fourth-order valence-electron chi connectivity index (χ4n) is 9.59. The summed E-state index contributed by atoms with van der Waals surface area (Å²) in [6.07, 6.45) is 84.8. The van der Waals surface area contributed by atoms with E-state index in [0.717, 1.165) is 89.9 Å². The topological polar surface area (TPSA) is 78.9 Å². The molecular formula is C71H126O6. The molecule has 0 bridgehead atoms. The predicted octanol–water partition coefficient (Wildman–Crippen LogP) is 22.9. The van der Waals surface area contributed by atoms with Gasteiger partial charge in [-0.3, -0.25) is 14.4 Å². The van der Waals surface area contributed by atoms with Crippen LogP contribution in [0.4, 0.5) is 0 Å². The molecule has 0 aliphatic rings. The maximum Gasteiger partial charge on any atom is 0.306 e. The number of carbonyl (C=O) groups excluding carboxylic acids is 3. The first-order valence-electron chi connectivity index (χ1n) is 33.4. The van der Waals surface area contributed by atoms with Crippen LogP contribution in [0.2, 0.25) is 0 Å². The summed E-state index contributed by atoms with van der Waals surface area (Å²) in [5, 5.41) is 0.